The molecule has 1 amide bonds. The number of pyridine rings is 1. The van der Waals surface area contributed by atoms with E-state index in [1.54, 1.807) is 4.90 Å². The minimum Gasteiger partial charge on any atom is -0.486 e. The number of ether oxygens (including phenoxy) is 2. The molecule has 1 aromatic carbocycles. The summed E-state index contributed by atoms with van der Waals surface area (Å²) < 4.78 is 11.6. The zero-order valence-corrected chi connectivity index (χ0v) is 14.7. The van der Waals surface area contributed by atoms with Gasteiger partial charge >= 0.3 is 6.09 Å². The Hall–Kier alpha value is -2.30. The molecule has 1 aromatic heterocycles. The van der Waals surface area contributed by atoms with Crippen LogP contribution in [0.3, 0.4) is 0 Å². The fraction of sp³-hybridized carbons (Fsp3) is 0.474. The van der Waals surface area contributed by atoms with Crippen LogP contribution in [-0.4, -0.2) is 40.8 Å². The van der Waals surface area contributed by atoms with Crippen LogP contribution < -0.4 is 4.74 Å². The Morgan fingerprint density at radius 3 is 2.79 bits per heavy atom. The van der Waals surface area contributed by atoms with Gasteiger partial charge in [-0.2, -0.15) is 0 Å². The van der Waals surface area contributed by atoms with Crippen LogP contribution in [0.25, 0.3) is 10.9 Å². The molecule has 0 aliphatic carbocycles. The molecule has 0 unspecified atom stereocenters. The average Bonchev–Trinajstić information content (AvgIpc) is 2.95. The Labute approximate surface area is 142 Å². The topological polar surface area (TPSA) is 51.7 Å². The zero-order valence-electron chi connectivity index (χ0n) is 14.7. The van der Waals surface area contributed by atoms with Crippen molar-refractivity contribution in [3.63, 3.8) is 0 Å². The number of benzene rings is 1. The Bertz CT molecular complexity index is 752. The quantitative estimate of drug-likeness (QED) is 0.838. The van der Waals surface area contributed by atoms with Crippen molar-refractivity contribution in [1.82, 2.24) is 9.88 Å². The third-order valence-corrected chi connectivity index (χ3v) is 3.91. The Morgan fingerprint density at radius 1 is 1.25 bits per heavy atom. The van der Waals surface area contributed by atoms with E-state index in [0.29, 0.717) is 13.1 Å². The summed E-state index contributed by atoms with van der Waals surface area (Å²) in [5, 5.41) is 1.06. The summed E-state index contributed by atoms with van der Waals surface area (Å²) in [5.74, 6) is 0.771. The van der Waals surface area contributed by atoms with Crippen LogP contribution in [0.2, 0.25) is 0 Å². The van der Waals surface area contributed by atoms with Crippen LogP contribution in [0.1, 0.15) is 32.9 Å². The number of aryl methyl sites for hydroxylation is 1. The van der Waals surface area contributed by atoms with Gasteiger partial charge in [-0.1, -0.05) is 18.2 Å². The number of nitrogens with zero attached hydrogens (tertiary/aromatic N) is 2. The second-order valence-corrected chi connectivity index (χ2v) is 7.24. The van der Waals surface area contributed by atoms with Gasteiger partial charge in [0.2, 0.25) is 0 Å². The third-order valence-electron chi connectivity index (χ3n) is 3.91. The lowest BCUT2D eigenvalue weighted by Gasteiger charge is -2.24. The molecule has 5 nitrogen and oxygen atoms in total. The van der Waals surface area contributed by atoms with Crippen LogP contribution in [0, 0.1) is 6.92 Å². The smallest absolute Gasteiger partial charge is 0.410 e. The number of likely N-dealkylation sites (tertiary alicyclic amines) is 1. The van der Waals surface area contributed by atoms with Gasteiger partial charge in [0.15, 0.2) is 0 Å². The molecule has 0 radical (unpaired) electrons. The lowest BCUT2D eigenvalue weighted by Crippen LogP contribution is -2.36. The van der Waals surface area contributed by atoms with Gasteiger partial charge in [0.25, 0.3) is 0 Å². The molecule has 128 valence electrons. The van der Waals surface area contributed by atoms with Crippen LogP contribution in [0.5, 0.6) is 5.75 Å². The lowest BCUT2D eigenvalue weighted by atomic mass is 10.2. The number of aromatic nitrogens is 1. The first-order valence-electron chi connectivity index (χ1n) is 8.33. The summed E-state index contributed by atoms with van der Waals surface area (Å²) in [4.78, 5) is 18.4. The van der Waals surface area contributed by atoms with E-state index >= 15 is 0 Å². The van der Waals surface area contributed by atoms with Crippen molar-refractivity contribution in [3.05, 3.63) is 36.0 Å². The van der Waals surface area contributed by atoms with E-state index in [2.05, 4.69) is 4.98 Å². The predicted molar refractivity (Wildman–Crippen MR) is 93.3 cm³/mol. The number of fused-ring (bicyclic) bond motifs is 1. The fourth-order valence-electron chi connectivity index (χ4n) is 2.81. The van der Waals surface area contributed by atoms with E-state index < -0.39 is 5.60 Å². The molecule has 2 heterocycles. The minimum absolute atomic E-state index is 0.0366. The lowest BCUT2D eigenvalue weighted by molar-refractivity contribution is 0.0276. The Balaban J connectivity index is 1.70. The number of rotatable bonds is 2. The van der Waals surface area contributed by atoms with E-state index in [4.69, 9.17) is 9.47 Å². The molecule has 2 aromatic rings. The van der Waals surface area contributed by atoms with Crippen LogP contribution in [-0.2, 0) is 4.74 Å². The first kappa shape index (κ1) is 16.6. The highest BCUT2D eigenvalue weighted by molar-refractivity contribution is 5.84. The van der Waals surface area contributed by atoms with Gasteiger partial charge in [0, 0.05) is 24.0 Å². The third kappa shape index (κ3) is 3.78. The maximum atomic E-state index is 12.2. The maximum Gasteiger partial charge on any atom is 0.410 e. The second kappa shape index (κ2) is 6.30. The molecule has 0 bridgehead atoms. The van der Waals surface area contributed by atoms with Gasteiger partial charge in [-0.15, -0.1) is 0 Å². The number of carbonyl (C=O) groups is 1. The summed E-state index contributed by atoms with van der Waals surface area (Å²) in [6, 6.07) is 9.97. The summed E-state index contributed by atoms with van der Waals surface area (Å²) in [7, 11) is 0. The highest BCUT2D eigenvalue weighted by Crippen LogP contribution is 2.27. The van der Waals surface area contributed by atoms with Crippen molar-refractivity contribution in [3.8, 4) is 5.75 Å². The van der Waals surface area contributed by atoms with Gasteiger partial charge in [-0.05, 0) is 39.8 Å². The van der Waals surface area contributed by atoms with Crippen molar-refractivity contribution < 1.29 is 14.3 Å². The molecule has 24 heavy (non-hydrogen) atoms. The van der Waals surface area contributed by atoms with Crippen LogP contribution >= 0.6 is 0 Å². The normalized spacial score (nSPS) is 18.0. The molecule has 0 N–H and O–H groups in total. The predicted octanol–water partition coefficient (Wildman–Crippen LogP) is 3.93. The molecule has 5 heteroatoms. The van der Waals surface area contributed by atoms with E-state index in [-0.39, 0.29) is 12.2 Å². The van der Waals surface area contributed by atoms with Crippen molar-refractivity contribution >= 4 is 17.0 Å². The standard InChI is InChI=1S/C19H24N2O3/c1-13-8-9-14-6-5-7-16(17(14)20-13)23-15-10-11-21(12-15)18(22)24-19(2,3)4/h5-9,15H,10-12H2,1-4H3/t15-/m1/s1. The monoisotopic (exact) mass is 328 g/mol. The van der Waals surface area contributed by atoms with Gasteiger partial charge < -0.3 is 14.4 Å². The second-order valence-electron chi connectivity index (χ2n) is 7.24. The van der Waals surface area contributed by atoms with E-state index in [0.717, 1.165) is 28.8 Å². The van der Waals surface area contributed by atoms with E-state index in [9.17, 15) is 4.79 Å². The fourth-order valence-corrected chi connectivity index (χ4v) is 2.81. The molecule has 1 atom stereocenters. The molecule has 1 saturated heterocycles. The largest absolute Gasteiger partial charge is 0.486 e. The van der Waals surface area contributed by atoms with Crippen molar-refractivity contribution in [2.75, 3.05) is 13.1 Å². The first-order chi connectivity index (χ1) is 11.3. The summed E-state index contributed by atoms with van der Waals surface area (Å²) >= 11 is 0. The molecular formula is C19H24N2O3. The molecular weight excluding hydrogens is 304 g/mol. The summed E-state index contributed by atoms with van der Waals surface area (Å²) in [5.41, 5.74) is 1.35. The highest BCUT2D eigenvalue weighted by Gasteiger charge is 2.31. The number of hydrogen-bond acceptors (Lipinski definition) is 4. The maximum absolute atomic E-state index is 12.2. The van der Waals surface area contributed by atoms with Gasteiger partial charge in [-0.25, -0.2) is 9.78 Å². The Morgan fingerprint density at radius 2 is 2.04 bits per heavy atom. The van der Waals surface area contributed by atoms with Gasteiger partial charge in [-0.3, -0.25) is 0 Å². The summed E-state index contributed by atoms with van der Waals surface area (Å²) in [6.45, 7) is 8.78. The molecule has 0 saturated carbocycles. The molecule has 0 spiro atoms. The number of amides is 1. The van der Waals surface area contributed by atoms with Crippen molar-refractivity contribution in [2.24, 2.45) is 0 Å². The number of para-hydroxylation sites is 1. The first-order valence-corrected chi connectivity index (χ1v) is 8.33. The SMILES string of the molecule is Cc1ccc2cccc(O[C@@H]3CCN(C(=O)OC(C)(C)C)C3)c2n1. The highest BCUT2D eigenvalue weighted by atomic mass is 16.6. The molecule has 1 aliphatic rings. The van der Waals surface area contributed by atoms with Crippen LogP contribution in [0.4, 0.5) is 4.79 Å². The molecule has 3 rings (SSSR count). The summed E-state index contributed by atoms with van der Waals surface area (Å²) in [6.07, 6.45) is 0.479. The van der Waals surface area contributed by atoms with Crippen molar-refractivity contribution in [2.45, 2.75) is 45.8 Å². The van der Waals surface area contributed by atoms with Gasteiger partial charge in [0.05, 0.1) is 6.54 Å². The van der Waals surface area contributed by atoms with E-state index in [1.807, 2.05) is 58.0 Å². The van der Waals surface area contributed by atoms with Gasteiger partial charge in [0.1, 0.15) is 23.0 Å². The molecule has 1 aliphatic heterocycles. The van der Waals surface area contributed by atoms with E-state index in [1.165, 1.54) is 0 Å². The molecule has 1 fully saturated rings. The van der Waals surface area contributed by atoms with Crippen molar-refractivity contribution in [1.29, 1.82) is 0 Å². The number of hydrogen-bond donors (Lipinski definition) is 0. The zero-order chi connectivity index (χ0) is 17.3. The minimum atomic E-state index is -0.479. The van der Waals surface area contributed by atoms with Crippen LogP contribution in [0.15, 0.2) is 30.3 Å². The average molecular weight is 328 g/mol. The number of carbonyl (C=O) groups excluding carboxylic acids is 1. The Kier molecular flexibility index (Phi) is 4.35.